The zero-order chi connectivity index (χ0) is 18.0. The molecule has 2 aromatic carbocycles. The van der Waals surface area contributed by atoms with Gasteiger partial charge in [-0.2, -0.15) is 5.26 Å². The highest BCUT2D eigenvalue weighted by Crippen LogP contribution is 2.41. The number of hydrogen-bond acceptors (Lipinski definition) is 2. The number of nitrogens with zero attached hydrogens (tertiary/aromatic N) is 1. The van der Waals surface area contributed by atoms with Gasteiger partial charge < -0.3 is 10.6 Å². The van der Waals surface area contributed by atoms with Gasteiger partial charge >= 0.3 is 6.03 Å². The Hall–Kier alpha value is -3.06. The number of nitriles is 1. The van der Waals surface area contributed by atoms with Gasteiger partial charge in [0, 0.05) is 16.7 Å². The van der Waals surface area contributed by atoms with E-state index in [0.717, 1.165) is 28.8 Å². The molecule has 0 aliphatic heterocycles. The number of urea groups is 1. The van der Waals surface area contributed by atoms with Crippen LogP contribution >= 0.6 is 0 Å². The van der Waals surface area contributed by atoms with Crippen molar-refractivity contribution < 1.29 is 4.79 Å². The maximum atomic E-state index is 12.5. The first-order valence-electron chi connectivity index (χ1n) is 8.29. The lowest BCUT2D eigenvalue weighted by molar-refractivity contribution is 0.255. The molecule has 3 rings (SSSR count). The summed E-state index contributed by atoms with van der Waals surface area (Å²) in [7, 11) is 0. The van der Waals surface area contributed by atoms with E-state index >= 15 is 0 Å². The zero-order valence-corrected chi connectivity index (χ0v) is 14.7. The van der Waals surface area contributed by atoms with E-state index in [1.807, 2.05) is 69.3 Å². The van der Waals surface area contributed by atoms with Crippen LogP contribution in [0.25, 0.3) is 5.70 Å². The molecular formula is C21H21N3O. The number of benzene rings is 2. The molecule has 4 nitrogen and oxygen atoms in total. The summed E-state index contributed by atoms with van der Waals surface area (Å²) in [5.41, 5.74) is 4.66. The number of carbonyl (C=O) groups excluding carboxylic acids is 1. The molecule has 126 valence electrons. The molecule has 0 bridgehead atoms. The van der Waals surface area contributed by atoms with Crippen molar-refractivity contribution in [3.63, 3.8) is 0 Å². The van der Waals surface area contributed by atoms with Crippen molar-refractivity contribution in [3.05, 3.63) is 70.8 Å². The van der Waals surface area contributed by atoms with E-state index in [4.69, 9.17) is 0 Å². The Morgan fingerprint density at radius 2 is 1.76 bits per heavy atom. The van der Waals surface area contributed by atoms with E-state index in [-0.39, 0.29) is 11.4 Å². The first-order valence-corrected chi connectivity index (χ1v) is 8.29. The average Bonchev–Trinajstić information content (AvgIpc) is 2.56. The molecule has 0 heterocycles. The van der Waals surface area contributed by atoms with Gasteiger partial charge in [0.2, 0.25) is 0 Å². The van der Waals surface area contributed by atoms with Gasteiger partial charge in [0.05, 0.1) is 17.3 Å². The van der Waals surface area contributed by atoms with Crippen molar-refractivity contribution in [1.29, 1.82) is 5.26 Å². The van der Waals surface area contributed by atoms with Gasteiger partial charge in [0.1, 0.15) is 0 Å². The van der Waals surface area contributed by atoms with Crippen LogP contribution in [0.3, 0.4) is 0 Å². The fourth-order valence-corrected chi connectivity index (χ4v) is 3.27. The minimum absolute atomic E-state index is 0.325. The topological polar surface area (TPSA) is 64.9 Å². The lowest BCUT2D eigenvalue weighted by Gasteiger charge is -2.33. The predicted octanol–water partition coefficient (Wildman–Crippen LogP) is 4.63. The van der Waals surface area contributed by atoms with Gasteiger partial charge in [-0.15, -0.1) is 0 Å². The highest BCUT2D eigenvalue weighted by molar-refractivity contribution is 5.97. The molecule has 4 heteroatoms. The predicted molar refractivity (Wildman–Crippen MR) is 99.8 cm³/mol. The molecule has 0 saturated heterocycles. The number of hydrogen-bond donors (Lipinski definition) is 2. The van der Waals surface area contributed by atoms with Gasteiger partial charge in [0.15, 0.2) is 0 Å². The van der Waals surface area contributed by atoms with Gasteiger partial charge in [-0.3, -0.25) is 0 Å². The lowest BCUT2D eigenvalue weighted by Crippen LogP contribution is -2.34. The van der Waals surface area contributed by atoms with Crippen LogP contribution in [0.4, 0.5) is 10.5 Å². The molecule has 2 aromatic rings. The Balaban J connectivity index is 1.96. The van der Waals surface area contributed by atoms with E-state index in [1.165, 1.54) is 0 Å². The van der Waals surface area contributed by atoms with Crippen molar-refractivity contribution in [1.82, 2.24) is 5.32 Å². The van der Waals surface area contributed by atoms with E-state index in [2.05, 4.69) is 16.7 Å². The number of aryl methyl sites for hydroxylation is 1. The van der Waals surface area contributed by atoms with E-state index in [1.54, 1.807) is 0 Å². The van der Waals surface area contributed by atoms with Crippen molar-refractivity contribution in [2.45, 2.75) is 27.2 Å². The number of fused-ring (bicyclic) bond motifs is 1. The lowest BCUT2D eigenvalue weighted by atomic mass is 9.72. The van der Waals surface area contributed by atoms with Gasteiger partial charge in [-0.25, -0.2) is 4.79 Å². The number of allylic oxidation sites excluding steroid dienone is 1. The Morgan fingerprint density at radius 3 is 2.48 bits per heavy atom. The van der Waals surface area contributed by atoms with E-state index in [9.17, 15) is 10.1 Å². The Morgan fingerprint density at radius 1 is 1.08 bits per heavy atom. The molecule has 0 fully saturated rings. The van der Waals surface area contributed by atoms with E-state index in [0.29, 0.717) is 11.3 Å². The van der Waals surface area contributed by atoms with Crippen LogP contribution in [-0.4, -0.2) is 6.03 Å². The monoisotopic (exact) mass is 331 g/mol. The zero-order valence-electron chi connectivity index (χ0n) is 14.7. The molecule has 0 unspecified atom stereocenters. The maximum absolute atomic E-state index is 12.5. The summed E-state index contributed by atoms with van der Waals surface area (Å²) in [6.07, 6.45) is 0.774. The molecule has 0 spiro atoms. The molecule has 1 aliphatic carbocycles. The number of nitrogens with one attached hydrogen (secondary N) is 2. The van der Waals surface area contributed by atoms with Crippen molar-refractivity contribution in [2.75, 3.05) is 5.32 Å². The van der Waals surface area contributed by atoms with E-state index < -0.39 is 0 Å². The summed E-state index contributed by atoms with van der Waals surface area (Å²) in [6.45, 7) is 6.00. The van der Waals surface area contributed by atoms with Crippen LogP contribution in [-0.2, 0) is 6.42 Å². The highest BCUT2D eigenvalue weighted by Gasteiger charge is 2.34. The molecule has 0 atom stereocenters. The summed E-state index contributed by atoms with van der Waals surface area (Å²) in [6, 6.07) is 17.5. The Labute approximate surface area is 148 Å². The summed E-state index contributed by atoms with van der Waals surface area (Å²) < 4.78 is 0. The first-order chi connectivity index (χ1) is 11.9. The molecule has 0 aromatic heterocycles. The van der Waals surface area contributed by atoms with Crippen LogP contribution in [0, 0.1) is 23.7 Å². The fourth-order valence-electron chi connectivity index (χ4n) is 3.27. The number of amides is 2. The number of anilines is 1. The summed E-state index contributed by atoms with van der Waals surface area (Å²) in [5.74, 6) is 0. The van der Waals surface area contributed by atoms with Crippen LogP contribution < -0.4 is 10.6 Å². The largest absolute Gasteiger partial charge is 0.323 e. The molecule has 1 aliphatic rings. The molecule has 25 heavy (non-hydrogen) atoms. The van der Waals surface area contributed by atoms with Crippen LogP contribution in [0.15, 0.2) is 54.1 Å². The minimum Gasteiger partial charge on any atom is -0.307 e. The Kier molecular flexibility index (Phi) is 4.33. The third kappa shape index (κ3) is 3.27. The molecule has 0 saturated carbocycles. The van der Waals surface area contributed by atoms with Crippen LogP contribution in [0.1, 0.15) is 30.5 Å². The number of carbonyl (C=O) groups is 1. The second-order valence-corrected chi connectivity index (χ2v) is 6.97. The smallest absolute Gasteiger partial charge is 0.307 e. The standard InChI is InChI=1S/C21H21N3O/c1-14-8-4-7-11-18(14)23-20(25)24-19-16-10-6-5-9-15(16)12-21(2,3)17(19)13-22/h4-11H,12H2,1-3H3,(H2,23,24,25). The second-order valence-electron chi connectivity index (χ2n) is 6.97. The third-order valence-corrected chi connectivity index (χ3v) is 4.59. The molecule has 2 amide bonds. The summed E-state index contributed by atoms with van der Waals surface area (Å²) in [5, 5.41) is 15.5. The van der Waals surface area contributed by atoms with Crippen LogP contribution in [0.2, 0.25) is 0 Å². The normalized spacial score (nSPS) is 15.1. The van der Waals surface area contributed by atoms with Crippen LogP contribution in [0.5, 0.6) is 0 Å². The van der Waals surface area contributed by atoms with Gasteiger partial charge in [0.25, 0.3) is 0 Å². The maximum Gasteiger partial charge on any atom is 0.323 e. The summed E-state index contributed by atoms with van der Waals surface area (Å²) in [4.78, 5) is 12.5. The van der Waals surface area contributed by atoms with Crippen molar-refractivity contribution >= 4 is 17.4 Å². The minimum atomic E-state index is -0.343. The molecule has 0 radical (unpaired) electrons. The van der Waals surface area contributed by atoms with Gasteiger partial charge in [-0.05, 0) is 30.5 Å². The van der Waals surface area contributed by atoms with Crippen molar-refractivity contribution in [3.8, 4) is 6.07 Å². The highest BCUT2D eigenvalue weighted by atomic mass is 16.2. The third-order valence-electron chi connectivity index (χ3n) is 4.59. The molecule has 2 N–H and O–H groups in total. The number of rotatable bonds is 2. The summed E-state index contributed by atoms with van der Waals surface area (Å²) >= 11 is 0. The number of para-hydroxylation sites is 1. The first kappa shape index (κ1) is 16.8. The fraction of sp³-hybridized carbons (Fsp3) is 0.238. The molecular weight excluding hydrogens is 310 g/mol. The second kappa shape index (κ2) is 6.45. The van der Waals surface area contributed by atoms with Gasteiger partial charge in [-0.1, -0.05) is 56.3 Å². The van der Waals surface area contributed by atoms with Crippen molar-refractivity contribution in [2.24, 2.45) is 5.41 Å². The Bertz CT molecular complexity index is 903. The SMILES string of the molecule is Cc1ccccc1NC(=O)NC1=C(C#N)C(C)(C)Cc2ccccc21. The quantitative estimate of drug-likeness (QED) is 0.842. The average molecular weight is 331 g/mol.